The van der Waals surface area contributed by atoms with Crippen molar-refractivity contribution >= 4 is 17.8 Å². The Balaban J connectivity index is 2.02. The molecule has 1 aliphatic rings. The summed E-state index contributed by atoms with van der Waals surface area (Å²) in [5.41, 5.74) is -0.0474. The van der Waals surface area contributed by atoms with Crippen LogP contribution < -0.4 is 5.32 Å². The minimum Gasteiger partial charge on any atom is -0.467 e. The van der Waals surface area contributed by atoms with Gasteiger partial charge in [0.1, 0.15) is 11.7 Å². The third-order valence-electron chi connectivity index (χ3n) is 3.31. The highest BCUT2D eigenvalue weighted by molar-refractivity contribution is 6.02. The average Bonchev–Trinajstić information content (AvgIpc) is 3.03. The van der Waals surface area contributed by atoms with Crippen LogP contribution >= 0.6 is 0 Å². The second-order valence-corrected chi connectivity index (χ2v) is 4.70. The summed E-state index contributed by atoms with van der Waals surface area (Å²) in [6.45, 7) is 3.98. The highest BCUT2D eigenvalue weighted by atomic mass is 16.5. The van der Waals surface area contributed by atoms with Crippen LogP contribution in [0.1, 0.15) is 23.3 Å². The first-order chi connectivity index (χ1) is 10.5. The van der Waals surface area contributed by atoms with E-state index in [1.54, 1.807) is 0 Å². The van der Waals surface area contributed by atoms with Gasteiger partial charge in [-0.2, -0.15) is 0 Å². The molecule has 1 fully saturated rings. The van der Waals surface area contributed by atoms with Crippen LogP contribution in [0, 0.1) is 0 Å². The molecule has 0 bridgehead atoms. The summed E-state index contributed by atoms with van der Waals surface area (Å²) >= 11 is 0. The van der Waals surface area contributed by atoms with Gasteiger partial charge in [-0.15, -0.1) is 0 Å². The number of nitrogens with zero attached hydrogens (tertiary/aromatic N) is 3. The van der Waals surface area contributed by atoms with Gasteiger partial charge in [0.15, 0.2) is 0 Å². The van der Waals surface area contributed by atoms with E-state index in [4.69, 9.17) is 0 Å². The molecule has 0 radical (unpaired) electrons. The van der Waals surface area contributed by atoms with Gasteiger partial charge in [-0.1, -0.05) is 6.58 Å². The average molecular weight is 304 g/mol. The topological polar surface area (TPSA) is 101 Å². The van der Waals surface area contributed by atoms with Crippen LogP contribution in [0.5, 0.6) is 0 Å². The standard InChI is InChI=1S/C14H16N4O4/c1-9(17-12(19)10-8-15-5-6-16-10)13(20)18-7-3-4-11(18)14(21)22-2/h5-6,8,11H,1,3-4,7H2,2H3,(H,17,19)/t11-/m0/s1. The second-order valence-electron chi connectivity index (χ2n) is 4.70. The number of carbonyl (C=O) groups excluding carboxylic acids is 3. The molecule has 8 nitrogen and oxygen atoms in total. The molecule has 8 heteroatoms. The van der Waals surface area contributed by atoms with Crippen molar-refractivity contribution in [2.75, 3.05) is 13.7 Å². The zero-order chi connectivity index (χ0) is 16.1. The Morgan fingerprint density at radius 3 is 2.82 bits per heavy atom. The summed E-state index contributed by atoms with van der Waals surface area (Å²) in [6.07, 6.45) is 5.30. The molecule has 1 saturated heterocycles. The van der Waals surface area contributed by atoms with E-state index in [9.17, 15) is 14.4 Å². The van der Waals surface area contributed by atoms with Crippen molar-refractivity contribution in [1.29, 1.82) is 0 Å². The summed E-state index contributed by atoms with van der Waals surface area (Å²) < 4.78 is 4.68. The highest BCUT2D eigenvalue weighted by Crippen LogP contribution is 2.19. The van der Waals surface area contributed by atoms with Gasteiger partial charge < -0.3 is 15.0 Å². The lowest BCUT2D eigenvalue weighted by atomic mass is 10.2. The molecule has 22 heavy (non-hydrogen) atoms. The van der Waals surface area contributed by atoms with Crippen LogP contribution in [-0.2, 0) is 14.3 Å². The minimum atomic E-state index is -0.636. The zero-order valence-electron chi connectivity index (χ0n) is 12.1. The Bertz CT molecular complexity index is 602. The van der Waals surface area contributed by atoms with Crippen molar-refractivity contribution in [2.45, 2.75) is 18.9 Å². The van der Waals surface area contributed by atoms with E-state index >= 15 is 0 Å². The molecular weight excluding hydrogens is 288 g/mol. The number of nitrogens with one attached hydrogen (secondary N) is 1. The van der Waals surface area contributed by atoms with Crippen molar-refractivity contribution < 1.29 is 19.1 Å². The van der Waals surface area contributed by atoms with Crippen molar-refractivity contribution in [3.63, 3.8) is 0 Å². The summed E-state index contributed by atoms with van der Waals surface area (Å²) in [5, 5.41) is 2.37. The number of aromatic nitrogens is 2. The molecule has 1 N–H and O–H groups in total. The van der Waals surface area contributed by atoms with E-state index in [0.29, 0.717) is 19.4 Å². The van der Waals surface area contributed by atoms with Gasteiger partial charge in [0.2, 0.25) is 0 Å². The van der Waals surface area contributed by atoms with E-state index in [1.807, 2.05) is 0 Å². The number of likely N-dealkylation sites (tertiary alicyclic amines) is 1. The molecule has 1 aliphatic heterocycles. The molecule has 2 rings (SSSR count). The normalized spacial score (nSPS) is 17.0. The van der Waals surface area contributed by atoms with E-state index in [-0.39, 0.29) is 11.4 Å². The number of hydrogen-bond acceptors (Lipinski definition) is 6. The molecule has 0 unspecified atom stereocenters. The van der Waals surface area contributed by atoms with Crippen molar-refractivity contribution in [3.8, 4) is 0 Å². The number of amides is 2. The fraction of sp³-hybridized carbons (Fsp3) is 0.357. The third kappa shape index (κ3) is 3.27. The number of esters is 1. The molecule has 2 heterocycles. The number of methoxy groups -OCH3 is 1. The molecule has 2 amide bonds. The van der Waals surface area contributed by atoms with E-state index in [1.165, 1.54) is 30.6 Å². The Hall–Kier alpha value is -2.77. The number of hydrogen-bond donors (Lipinski definition) is 1. The van der Waals surface area contributed by atoms with Crippen molar-refractivity contribution in [2.24, 2.45) is 0 Å². The predicted molar refractivity (Wildman–Crippen MR) is 75.4 cm³/mol. The SMILES string of the molecule is C=C(NC(=O)c1cnccn1)C(=O)N1CCC[C@H]1C(=O)OC. The lowest BCUT2D eigenvalue weighted by Gasteiger charge is -2.23. The van der Waals surface area contributed by atoms with Gasteiger partial charge in [-0.05, 0) is 12.8 Å². The maximum Gasteiger partial charge on any atom is 0.328 e. The lowest BCUT2D eigenvalue weighted by molar-refractivity contribution is -0.149. The summed E-state index contributed by atoms with van der Waals surface area (Å²) in [7, 11) is 1.27. The van der Waals surface area contributed by atoms with Crippen LogP contribution in [0.4, 0.5) is 0 Å². The summed E-state index contributed by atoms with van der Waals surface area (Å²) in [6, 6.07) is -0.636. The monoisotopic (exact) mass is 304 g/mol. The minimum absolute atomic E-state index is 0.0717. The molecule has 1 aromatic heterocycles. The van der Waals surface area contributed by atoms with Crippen molar-refractivity contribution in [3.05, 3.63) is 36.6 Å². The Morgan fingerprint density at radius 1 is 1.41 bits per heavy atom. The predicted octanol–water partition coefficient (Wildman–Crippen LogP) is -0.116. The van der Waals surface area contributed by atoms with Crippen molar-refractivity contribution in [1.82, 2.24) is 20.2 Å². The zero-order valence-corrected chi connectivity index (χ0v) is 12.1. The van der Waals surface area contributed by atoms with Crippen LogP contribution in [0.2, 0.25) is 0 Å². The fourth-order valence-electron chi connectivity index (χ4n) is 2.24. The Morgan fingerprint density at radius 2 is 2.18 bits per heavy atom. The molecule has 1 aromatic rings. The fourth-order valence-corrected chi connectivity index (χ4v) is 2.24. The summed E-state index contributed by atoms with van der Waals surface area (Å²) in [4.78, 5) is 44.8. The molecule has 116 valence electrons. The van der Waals surface area contributed by atoms with E-state index in [0.717, 1.165) is 0 Å². The molecule has 0 aliphatic carbocycles. The van der Waals surface area contributed by atoms with Crippen LogP contribution in [0.25, 0.3) is 0 Å². The van der Waals surface area contributed by atoms with Crippen LogP contribution in [0.3, 0.4) is 0 Å². The van der Waals surface area contributed by atoms with Gasteiger partial charge in [0.05, 0.1) is 19.0 Å². The van der Waals surface area contributed by atoms with Gasteiger partial charge >= 0.3 is 5.97 Å². The van der Waals surface area contributed by atoms with Crippen LogP contribution in [-0.4, -0.2) is 52.3 Å². The number of ether oxygens (including phenoxy) is 1. The largest absolute Gasteiger partial charge is 0.467 e. The van der Waals surface area contributed by atoms with Gasteiger partial charge in [-0.25, -0.2) is 9.78 Å². The van der Waals surface area contributed by atoms with E-state index in [2.05, 4.69) is 26.6 Å². The number of rotatable bonds is 4. The first-order valence-corrected chi connectivity index (χ1v) is 6.69. The lowest BCUT2D eigenvalue weighted by Crippen LogP contribution is -2.44. The Labute approximate surface area is 127 Å². The highest BCUT2D eigenvalue weighted by Gasteiger charge is 2.36. The maximum absolute atomic E-state index is 12.3. The first-order valence-electron chi connectivity index (χ1n) is 6.69. The van der Waals surface area contributed by atoms with Gasteiger partial charge in [-0.3, -0.25) is 14.6 Å². The Kier molecular flexibility index (Phi) is 4.82. The maximum atomic E-state index is 12.3. The first kappa shape index (κ1) is 15.6. The molecule has 1 atom stereocenters. The quantitative estimate of drug-likeness (QED) is 0.615. The molecule has 0 saturated carbocycles. The van der Waals surface area contributed by atoms with E-state index < -0.39 is 23.8 Å². The van der Waals surface area contributed by atoms with Crippen LogP contribution in [0.15, 0.2) is 30.9 Å². The third-order valence-corrected chi connectivity index (χ3v) is 3.31. The smallest absolute Gasteiger partial charge is 0.328 e. The molecule has 0 spiro atoms. The van der Waals surface area contributed by atoms with Gasteiger partial charge in [0.25, 0.3) is 11.8 Å². The summed E-state index contributed by atoms with van der Waals surface area (Å²) in [5.74, 6) is -1.57. The number of carbonyl (C=O) groups is 3. The second kappa shape index (κ2) is 6.79. The van der Waals surface area contributed by atoms with Gasteiger partial charge in [0, 0.05) is 18.9 Å². The molecule has 0 aromatic carbocycles. The molecular formula is C14H16N4O4.